The van der Waals surface area contributed by atoms with Gasteiger partial charge in [-0.2, -0.15) is 4.31 Å². The zero-order valence-electron chi connectivity index (χ0n) is 11.7. The van der Waals surface area contributed by atoms with Crippen LogP contribution in [0.2, 0.25) is 5.02 Å². The number of methoxy groups -OCH3 is 1. The number of nitro benzene ring substituents is 1. The van der Waals surface area contributed by atoms with Gasteiger partial charge in [-0.25, -0.2) is 8.42 Å². The number of nitro groups is 1. The topological polar surface area (TPSA) is 110 Å². The summed E-state index contributed by atoms with van der Waals surface area (Å²) in [6.45, 7) is 0.446. The third-order valence-corrected chi connectivity index (χ3v) is 5.96. The number of hydrogen-bond acceptors (Lipinski definition) is 6. The molecule has 1 N–H and O–H groups in total. The minimum absolute atomic E-state index is 0.201. The van der Waals surface area contributed by atoms with Gasteiger partial charge in [0.05, 0.1) is 16.6 Å². The van der Waals surface area contributed by atoms with Gasteiger partial charge < -0.3 is 9.84 Å². The first kappa shape index (κ1) is 16.9. The summed E-state index contributed by atoms with van der Waals surface area (Å²) in [6, 6.07) is 1.67. The van der Waals surface area contributed by atoms with Gasteiger partial charge in [-0.3, -0.25) is 10.1 Å². The van der Waals surface area contributed by atoms with Crippen LogP contribution in [0.1, 0.15) is 12.8 Å². The lowest BCUT2D eigenvalue weighted by atomic mass is 10.2. The Labute approximate surface area is 132 Å². The van der Waals surface area contributed by atoms with Crippen molar-refractivity contribution in [1.29, 1.82) is 0 Å². The Hall–Kier alpha value is -1.42. The highest BCUT2D eigenvalue weighted by Gasteiger charge is 2.39. The number of aromatic hydroxyl groups is 1. The van der Waals surface area contributed by atoms with Crippen LogP contribution in [0.4, 0.5) is 5.69 Å². The van der Waals surface area contributed by atoms with Crippen LogP contribution < -0.4 is 0 Å². The molecule has 0 saturated carbocycles. The molecule has 0 bridgehead atoms. The summed E-state index contributed by atoms with van der Waals surface area (Å²) < 4.78 is 31.6. The number of nitrogens with zero attached hydrogens (tertiary/aromatic N) is 2. The van der Waals surface area contributed by atoms with Crippen molar-refractivity contribution in [2.45, 2.75) is 23.8 Å². The van der Waals surface area contributed by atoms with Gasteiger partial charge in [0, 0.05) is 25.8 Å². The molecule has 0 radical (unpaired) electrons. The van der Waals surface area contributed by atoms with Crippen LogP contribution in [0, 0.1) is 10.1 Å². The molecule has 22 heavy (non-hydrogen) atoms. The van der Waals surface area contributed by atoms with E-state index in [0.717, 1.165) is 12.1 Å². The van der Waals surface area contributed by atoms with Crippen LogP contribution in [0.3, 0.4) is 0 Å². The molecule has 1 fully saturated rings. The van der Waals surface area contributed by atoms with Gasteiger partial charge in [0.1, 0.15) is 4.90 Å². The van der Waals surface area contributed by atoms with Gasteiger partial charge in [-0.15, -0.1) is 0 Å². The predicted molar refractivity (Wildman–Crippen MR) is 78.6 cm³/mol. The van der Waals surface area contributed by atoms with E-state index in [9.17, 15) is 23.6 Å². The number of phenolic OH excluding ortho intramolecular Hbond substituents is 1. The van der Waals surface area contributed by atoms with Gasteiger partial charge in [0.25, 0.3) is 0 Å². The van der Waals surface area contributed by atoms with Crippen LogP contribution in [0.25, 0.3) is 0 Å². The van der Waals surface area contributed by atoms with Crippen LogP contribution >= 0.6 is 11.6 Å². The molecular formula is C12H15ClN2O6S. The predicted octanol–water partition coefficient (Wildman–Crippen LogP) is 1.75. The number of ether oxygens (including phenoxy) is 1. The van der Waals surface area contributed by atoms with Crippen molar-refractivity contribution in [3.8, 4) is 5.75 Å². The maximum Gasteiger partial charge on any atom is 0.312 e. The van der Waals surface area contributed by atoms with E-state index >= 15 is 0 Å². The van der Waals surface area contributed by atoms with Gasteiger partial charge in [0.15, 0.2) is 0 Å². The highest BCUT2D eigenvalue weighted by molar-refractivity contribution is 7.89. The summed E-state index contributed by atoms with van der Waals surface area (Å²) >= 11 is 5.87. The SMILES string of the molecule is COC[C@@H]1CCCN1S(=O)(=O)c1c(Cl)ccc([N+](=O)[O-])c1O. The Bertz CT molecular complexity index is 693. The maximum absolute atomic E-state index is 12.7. The quantitative estimate of drug-likeness (QED) is 0.640. The Balaban J connectivity index is 2.54. The highest BCUT2D eigenvalue weighted by atomic mass is 35.5. The molecule has 0 unspecified atom stereocenters. The lowest BCUT2D eigenvalue weighted by Gasteiger charge is -2.24. The van der Waals surface area contributed by atoms with Crippen molar-refractivity contribution in [3.05, 3.63) is 27.3 Å². The fourth-order valence-corrected chi connectivity index (χ4v) is 4.80. The second-order valence-electron chi connectivity index (χ2n) is 4.87. The molecule has 1 saturated heterocycles. The van der Waals surface area contributed by atoms with E-state index in [0.29, 0.717) is 12.8 Å². The molecule has 1 aromatic rings. The number of phenols is 1. The average molecular weight is 351 g/mol. The van der Waals surface area contributed by atoms with Crippen LogP contribution in [0.15, 0.2) is 17.0 Å². The van der Waals surface area contributed by atoms with Crippen molar-refractivity contribution in [2.75, 3.05) is 20.3 Å². The Morgan fingerprint density at radius 1 is 1.55 bits per heavy atom. The zero-order chi connectivity index (χ0) is 16.5. The molecule has 2 rings (SSSR count). The molecule has 8 nitrogen and oxygen atoms in total. The normalized spacial score (nSPS) is 19.5. The molecule has 10 heteroatoms. The molecule has 1 aliphatic heterocycles. The summed E-state index contributed by atoms with van der Waals surface area (Å²) in [5.74, 6) is -0.944. The summed E-state index contributed by atoms with van der Waals surface area (Å²) in [6.07, 6.45) is 1.25. The average Bonchev–Trinajstić information content (AvgIpc) is 2.87. The van der Waals surface area contributed by atoms with E-state index < -0.39 is 31.3 Å². The van der Waals surface area contributed by atoms with Crippen molar-refractivity contribution in [3.63, 3.8) is 0 Å². The number of rotatable bonds is 5. The first-order valence-corrected chi connectivity index (χ1v) is 8.29. The Morgan fingerprint density at radius 3 is 2.82 bits per heavy atom. The lowest BCUT2D eigenvalue weighted by molar-refractivity contribution is -0.386. The van der Waals surface area contributed by atoms with Crippen molar-refractivity contribution in [2.24, 2.45) is 0 Å². The molecule has 0 aliphatic carbocycles. The van der Waals surface area contributed by atoms with Crippen molar-refractivity contribution in [1.82, 2.24) is 4.31 Å². The van der Waals surface area contributed by atoms with E-state index in [1.54, 1.807) is 0 Å². The molecule has 0 aromatic heterocycles. The lowest BCUT2D eigenvalue weighted by Crippen LogP contribution is -2.38. The third kappa shape index (κ3) is 2.89. The second kappa shape index (κ2) is 6.37. The smallest absolute Gasteiger partial charge is 0.312 e. The molecular weight excluding hydrogens is 336 g/mol. The molecule has 1 atom stereocenters. The zero-order valence-corrected chi connectivity index (χ0v) is 13.3. The molecule has 0 spiro atoms. The van der Waals surface area contributed by atoms with Crippen molar-refractivity contribution >= 4 is 27.3 Å². The fourth-order valence-electron chi connectivity index (χ4n) is 2.53. The van der Waals surface area contributed by atoms with Crippen molar-refractivity contribution < 1.29 is 23.2 Å². The standard InChI is InChI=1S/C12H15ClN2O6S/c1-21-7-8-3-2-6-14(8)22(19,20)12-9(13)4-5-10(11(12)16)15(17)18/h4-5,8,16H,2-3,6-7H2,1H3/t8-/m0/s1. The largest absolute Gasteiger partial charge is 0.501 e. The van der Waals surface area contributed by atoms with Gasteiger partial charge >= 0.3 is 5.69 Å². The number of halogens is 1. The highest BCUT2D eigenvalue weighted by Crippen LogP contribution is 2.40. The van der Waals surface area contributed by atoms with E-state index in [1.165, 1.54) is 11.4 Å². The van der Waals surface area contributed by atoms with E-state index in [1.807, 2.05) is 0 Å². The summed E-state index contributed by atoms with van der Waals surface area (Å²) in [7, 11) is -2.70. The molecule has 1 heterocycles. The van der Waals surface area contributed by atoms with Crippen LogP contribution in [-0.2, 0) is 14.8 Å². The van der Waals surface area contributed by atoms with Crippen LogP contribution in [0.5, 0.6) is 5.75 Å². The van der Waals surface area contributed by atoms with E-state index in [4.69, 9.17) is 16.3 Å². The summed E-state index contributed by atoms with van der Waals surface area (Å²) in [4.78, 5) is 9.38. The van der Waals surface area contributed by atoms with Gasteiger partial charge in [-0.1, -0.05) is 11.6 Å². The van der Waals surface area contributed by atoms with Crippen LogP contribution in [-0.4, -0.2) is 49.1 Å². The van der Waals surface area contributed by atoms with Gasteiger partial charge in [0.2, 0.25) is 15.8 Å². The number of benzene rings is 1. The minimum Gasteiger partial charge on any atom is -0.501 e. The minimum atomic E-state index is -4.16. The fraction of sp³-hybridized carbons (Fsp3) is 0.500. The monoisotopic (exact) mass is 350 g/mol. The molecule has 1 aliphatic rings. The third-order valence-electron chi connectivity index (χ3n) is 3.51. The first-order chi connectivity index (χ1) is 10.3. The second-order valence-corrected chi connectivity index (χ2v) is 7.10. The Kier molecular flexibility index (Phi) is 4.90. The summed E-state index contributed by atoms with van der Waals surface area (Å²) in [5, 5.41) is 20.6. The van der Waals surface area contributed by atoms with Gasteiger partial charge in [-0.05, 0) is 18.9 Å². The van der Waals surface area contributed by atoms with E-state index in [2.05, 4.69) is 0 Å². The first-order valence-electron chi connectivity index (χ1n) is 6.47. The number of hydrogen-bond donors (Lipinski definition) is 1. The maximum atomic E-state index is 12.7. The molecule has 122 valence electrons. The Morgan fingerprint density at radius 2 is 2.23 bits per heavy atom. The van der Waals surface area contributed by atoms with E-state index in [-0.39, 0.29) is 24.2 Å². The molecule has 0 amide bonds. The summed E-state index contributed by atoms with van der Waals surface area (Å²) in [5.41, 5.74) is -0.703. The number of sulfonamides is 1. The molecule has 1 aromatic carbocycles.